The smallest absolute Gasteiger partial charge is 0.270 e. The first-order valence-corrected chi connectivity index (χ1v) is 21.8. The van der Waals surface area contributed by atoms with Crippen molar-refractivity contribution in [3.8, 4) is 0 Å². The van der Waals surface area contributed by atoms with Crippen LogP contribution in [0.15, 0.2) is 29.6 Å². The zero-order valence-electron chi connectivity index (χ0n) is 38.3. The molecule has 1 fully saturated rings. The Bertz CT molecular complexity index is 1390. The highest BCUT2D eigenvalue weighted by Crippen LogP contribution is 2.40. The number of hydrogen-bond donors (Lipinski definition) is 4. The van der Waals surface area contributed by atoms with Gasteiger partial charge in [-0.25, -0.2) is 18.2 Å². The van der Waals surface area contributed by atoms with Crippen LogP contribution in [0.1, 0.15) is 189 Å². The predicted molar refractivity (Wildman–Crippen MR) is 233 cm³/mol. The summed E-state index contributed by atoms with van der Waals surface area (Å²) >= 11 is 0. The average Bonchev–Trinajstić information content (AvgIpc) is 3.87. The van der Waals surface area contributed by atoms with E-state index in [-0.39, 0.29) is 30.8 Å². The molecule has 0 bridgehead atoms. The van der Waals surface area contributed by atoms with Gasteiger partial charge in [0.05, 0.1) is 24.5 Å². The number of halogens is 3. The lowest BCUT2D eigenvalue weighted by molar-refractivity contribution is -0.122. The Kier molecular flexibility index (Phi) is 30.8. The highest BCUT2D eigenvalue weighted by atomic mass is 19.3. The third-order valence-corrected chi connectivity index (χ3v) is 10.4. The fourth-order valence-electron chi connectivity index (χ4n) is 6.27. The summed E-state index contributed by atoms with van der Waals surface area (Å²) < 4.78 is 43.1. The first kappa shape index (κ1) is 55.7. The number of allylic oxidation sites excluding steroid dienone is 2. The van der Waals surface area contributed by atoms with E-state index in [9.17, 15) is 22.8 Å². The van der Waals surface area contributed by atoms with Crippen LogP contribution in [0.25, 0.3) is 0 Å². The van der Waals surface area contributed by atoms with Crippen molar-refractivity contribution in [3.63, 3.8) is 0 Å². The van der Waals surface area contributed by atoms with Gasteiger partial charge in [-0.3, -0.25) is 14.3 Å². The molecule has 330 valence electrons. The van der Waals surface area contributed by atoms with Gasteiger partial charge in [0.15, 0.2) is 0 Å². The number of carbonyl (C=O) groups is 2. The van der Waals surface area contributed by atoms with Crippen molar-refractivity contribution < 1.29 is 22.8 Å². The second-order valence-electron chi connectivity index (χ2n) is 14.9. The minimum absolute atomic E-state index is 0.0751. The van der Waals surface area contributed by atoms with Crippen molar-refractivity contribution in [2.75, 3.05) is 13.2 Å². The van der Waals surface area contributed by atoms with Crippen LogP contribution in [0.4, 0.5) is 13.2 Å². The molecule has 57 heavy (non-hydrogen) atoms. The lowest BCUT2D eigenvalue weighted by Gasteiger charge is -2.30. The monoisotopic (exact) mass is 810 g/mol. The number of H-pyrrole nitrogens is 1. The molecule has 5 unspecified atom stereocenters. The molecule has 3 rings (SSSR count). The Morgan fingerprint density at radius 1 is 1.04 bits per heavy atom. The Hall–Kier alpha value is -3.44. The van der Waals surface area contributed by atoms with E-state index in [1.165, 1.54) is 10.9 Å². The van der Waals surface area contributed by atoms with Crippen molar-refractivity contribution in [2.24, 2.45) is 23.7 Å². The molecule has 0 radical (unpaired) electrons. The summed E-state index contributed by atoms with van der Waals surface area (Å²) in [6.07, 6.45) is 11.7. The normalized spacial score (nSPS) is 16.2. The Morgan fingerprint density at radius 2 is 1.65 bits per heavy atom. The summed E-state index contributed by atoms with van der Waals surface area (Å²) in [5.41, 5.74) is 3.06. The maximum Gasteiger partial charge on any atom is 0.270 e. The van der Waals surface area contributed by atoms with Crippen LogP contribution in [0.2, 0.25) is 0 Å². The molecule has 0 saturated carbocycles. The van der Waals surface area contributed by atoms with Crippen molar-refractivity contribution in [3.05, 3.63) is 46.8 Å². The zero-order valence-corrected chi connectivity index (χ0v) is 38.3. The number of imidazole rings is 1. The number of rotatable bonds is 19. The van der Waals surface area contributed by atoms with Crippen molar-refractivity contribution in [1.29, 1.82) is 5.41 Å². The number of aromatic amines is 1. The largest absolute Gasteiger partial charge is 0.356 e. The Morgan fingerprint density at radius 3 is 2.11 bits per heavy atom. The SMILES string of the molecule is CC.CC.CC1CCC(=O)NC1.CCC(C)=C(C(C)=N)C(CC)C(F)(F)CCC(C)CC.CCC(C)CCCC(NC(=O)c1ccnn1CCF)c1cnc(C)[nH]1. The second kappa shape index (κ2) is 31.5. The minimum atomic E-state index is -2.72. The van der Waals surface area contributed by atoms with Gasteiger partial charge >= 0.3 is 0 Å². The van der Waals surface area contributed by atoms with Gasteiger partial charge in [0, 0.05) is 37.2 Å². The minimum Gasteiger partial charge on any atom is -0.356 e. The van der Waals surface area contributed by atoms with Crippen LogP contribution in [-0.2, 0) is 11.3 Å². The van der Waals surface area contributed by atoms with Gasteiger partial charge in [-0.1, -0.05) is 107 Å². The first-order valence-electron chi connectivity index (χ1n) is 21.8. The molecule has 0 aromatic carbocycles. The summed E-state index contributed by atoms with van der Waals surface area (Å²) in [7, 11) is 0. The van der Waals surface area contributed by atoms with E-state index >= 15 is 0 Å². The van der Waals surface area contributed by atoms with Gasteiger partial charge in [-0.05, 0) is 82.3 Å². The molecule has 0 aliphatic carbocycles. The van der Waals surface area contributed by atoms with E-state index in [1.807, 2.05) is 62.3 Å². The molecule has 4 N–H and O–H groups in total. The van der Waals surface area contributed by atoms with Crippen LogP contribution >= 0.6 is 0 Å². The number of piperidine rings is 1. The van der Waals surface area contributed by atoms with E-state index in [0.29, 0.717) is 47.6 Å². The summed E-state index contributed by atoms with van der Waals surface area (Å²) in [5.74, 6) is -1.05. The zero-order chi connectivity index (χ0) is 44.1. The summed E-state index contributed by atoms with van der Waals surface area (Å²) in [5, 5.41) is 17.7. The average molecular weight is 810 g/mol. The van der Waals surface area contributed by atoms with E-state index in [2.05, 4.69) is 46.5 Å². The van der Waals surface area contributed by atoms with E-state index in [4.69, 9.17) is 5.41 Å². The molecule has 1 saturated heterocycles. The van der Waals surface area contributed by atoms with Crippen LogP contribution in [-0.4, -0.2) is 56.4 Å². The fourth-order valence-corrected chi connectivity index (χ4v) is 6.27. The maximum atomic E-state index is 14.6. The maximum absolute atomic E-state index is 14.6. The van der Waals surface area contributed by atoms with Gasteiger partial charge in [-0.2, -0.15) is 5.10 Å². The third-order valence-electron chi connectivity index (χ3n) is 10.4. The van der Waals surface area contributed by atoms with Gasteiger partial charge in [0.1, 0.15) is 18.2 Å². The van der Waals surface area contributed by atoms with Gasteiger partial charge < -0.3 is 21.0 Å². The molecular formula is C45H82F3N7O2. The number of aromatic nitrogens is 4. The number of amides is 2. The molecule has 9 nitrogen and oxygen atoms in total. The molecule has 2 aromatic heterocycles. The Balaban J connectivity index is 0. The Labute approximate surface area is 345 Å². The highest BCUT2D eigenvalue weighted by molar-refractivity contribution is 5.97. The lowest BCUT2D eigenvalue weighted by Crippen LogP contribution is -2.33. The number of nitrogens with one attached hydrogen (secondary N) is 4. The van der Waals surface area contributed by atoms with E-state index in [1.54, 1.807) is 26.1 Å². The highest BCUT2D eigenvalue weighted by Gasteiger charge is 2.41. The molecule has 1 aliphatic rings. The van der Waals surface area contributed by atoms with Crippen LogP contribution in [0, 0.1) is 36.0 Å². The molecule has 3 heterocycles. The number of alkyl halides is 3. The number of hydrogen-bond acceptors (Lipinski definition) is 5. The quantitative estimate of drug-likeness (QED) is 0.105. The van der Waals surface area contributed by atoms with Crippen molar-refractivity contribution in [2.45, 2.75) is 186 Å². The van der Waals surface area contributed by atoms with Crippen molar-refractivity contribution >= 4 is 17.5 Å². The van der Waals surface area contributed by atoms with E-state index < -0.39 is 18.5 Å². The van der Waals surface area contributed by atoms with E-state index in [0.717, 1.165) is 75.0 Å². The molecule has 1 aliphatic heterocycles. The molecule has 2 aromatic rings. The van der Waals surface area contributed by atoms with Crippen molar-refractivity contribution in [1.82, 2.24) is 30.4 Å². The second-order valence-corrected chi connectivity index (χ2v) is 14.9. The first-order chi connectivity index (χ1) is 27.0. The summed E-state index contributed by atoms with van der Waals surface area (Å²) in [6.45, 7) is 28.2. The molecule has 0 spiro atoms. The standard InChI is InChI=1S/C18H28FN5O.C17H31F2N.C6H11NO.2C2H6/c1-4-13(2)6-5-7-15(16-12-20-14(3)22-16)23-18(25)17-8-10-21-24(17)11-9-19;1-7-12(4)10-11-17(18,19)15(9-3)16(14(6)20)13(5)8-2;1-5-2-3-6(8)7-4-5;2*1-2/h8,10,12-13,15H,4-7,9,11H2,1-3H3,(H,20,22)(H,23,25);12,15,20H,7-11H2,1-6H3;5H,2-4H2,1H3,(H,7,8);2*1-2H3. The molecular weight excluding hydrogens is 728 g/mol. The predicted octanol–water partition coefficient (Wildman–Crippen LogP) is 12.4. The van der Waals surface area contributed by atoms with Crippen LogP contribution < -0.4 is 10.6 Å². The fraction of sp³-hybridized carbons (Fsp3) is 0.756. The molecule has 12 heteroatoms. The number of carbonyl (C=O) groups excluding carboxylic acids is 2. The van der Waals surface area contributed by atoms with Crippen LogP contribution in [0.5, 0.6) is 0 Å². The number of aryl methyl sites for hydroxylation is 2. The van der Waals surface area contributed by atoms with Gasteiger partial charge in [-0.15, -0.1) is 0 Å². The van der Waals surface area contributed by atoms with Crippen LogP contribution in [0.3, 0.4) is 0 Å². The van der Waals surface area contributed by atoms with Gasteiger partial charge in [0.25, 0.3) is 11.8 Å². The molecule has 5 atom stereocenters. The van der Waals surface area contributed by atoms with Gasteiger partial charge in [0.2, 0.25) is 5.91 Å². The summed E-state index contributed by atoms with van der Waals surface area (Å²) in [6, 6.07) is 1.46. The molecule has 2 amide bonds. The lowest BCUT2D eigenvalue weighted by atomic mass is 9.81. The summed E-state index contributed by atoms with van der Waals surface area (Å²) in [4.78, 5) is 30.6. The topological polar surface area (TPSA) is 129 Å². The third kappa shape index (κ3) is 21.8. The number of nitrogens with zero attached hydrogens (tertiary/aromatic N) is 3.